The lowest BCUT2D eigenvalue weighted by molar-refractivity contribution is 0.0227. The van der Waals surface area contributed by atoms with Gasteiger partial charge < -0.3 is 14.6 Å². The van der Waals surface area contributed by atoms with E-state index in [9.17, 15) is 5.11 Å². The number of halogens is 1. The molecule has 33 heavy (non-hydrogen) atoms. The number of nitrogens with zero attached hydrogens (tertiary/aromatic N) is 3. The van der Waals surface area contributed by atoms with Gasteiger partial charge in [0.2, 0.25) is 5.88 Å². The lowest BCUT2D eigenvalue weighted by Gasteiger charge is -2.25. The van der Waals surface area contributed by atoms with Crippen molar-refractivity contribution in [2.24, 2.45) is 7.05 Å². The van der Waals surface area contributed by atoms with E-state index in [1.165, 1.54) is 0 Å². The summed E-state index contributed by atoms with van der Waals surface area (Å²) in [5, 5.41) is 15.9. The second-order valence-electron chi connectivity index (χ2n) is 8.30. The SMILES string of the molecule is C=CCOCC(O)CN(Cc1c(-c2ccccc2)nn(C)c1Oc1ccccc1Cl)C1CC1. The van der Waals surface area contributed by atoms with Crippen molar-refractivity contribution in [3.05, 3.63) is 77.8 Å². The fraction of sp³-hybridized carbons (Fsp3) is 0.346. The number of aliphatic hydroxyl groups is 1. The van der Waals surface area contributed by atoms with E-state index in [1.54, 1.807) is 16.8 Å². The minimum atomic E-state index is -0.588. The van der Waals surface area contributed by atoms with Crippen LogP contribution in [0.2, 0.25) is 5.02 Å². The third-order valence-electron chi connectivity index (χ3n) is 5.59. The molecule has 3 aromatic rings. The molecule has 0 saturated heterocycles. The van der Waals surface area contributed by atoms with Crippen molar-refractivity contribution < 1.29 is 14.6 Å². The van der Waals surface area contributed by atoms with Crippen LogP contribution in [0.4, 0.5) is 0 Å². The van der Waals surface area contributed by atoms with Crippen LogP contribution < -0.4 is 4.74 Å². The zero-order valence-corrected chi connectivity index (χ0v) is 19.6. The number of aliphatic hydroxyl groups excluding tert-OH is 1. The van der Waals surface area contributed by atoms with Crippen LogP contribution >= 0.6 is 11.6 Å². The Balaban J connectivity index is 1.65. The predicted molar refractivity (Wildman–Crippen MR) is 131 cm³/mol. The molecule has 6 nitrogen and oxygen atoms in total. The zero-order valence-electron chi connectivity index (χ0n) is 18.9. The smallest absolute Gasteiger partial charge is 0.222 e. The topological polar surface area (TPSA) is 59.8 Å². The van der Waals surface area contributed by atoms with Crippen molar-refractivity contribution >= 4 is 11.6 Å². The monoisotopic (exact) mass is 467 g/mol. The second-order valence-corrected chi connectivity index (χ2v) is 8.70. The van der Waals surface area contributed by atoms with Crippen molar-refractivity contribution in [1.82, 2.24) is 14.7 Å². The molecule has 0 aliphatic heterocycles. The molecule has 1 N–H and O–H groups in total. The van der Waals surface area contributed by atoms with Gasteiger partial charge in [0.25, 0.3) is 0 Å². The molecular weight excluding hydrogens is 438 g/mol. The maximum Gasteiger partial charge on any atom is 0.222 e. The Kier molecular flexibility index (Phi) is 7.83. The normalized spacial score (nSPS) is 14.4. The number of para-hydroxylation sites is 1. The summed E-state index contributed by atoms with van der Waals surface area (Å²) in [4.78, 5) is 2.30. The Hall–Kier alpha value is -2.64. The highest BCUT2D eigenvalue weighted by molar-refractivity contribution is 6.32. The van der Waals surface area contributed by atoms with Gasteiger partial charge in [-0.3, -0.25) is 4.90 Å². The first kappa shape index (κ1) is 23.5. The molecule has 2 aromatic carbocycles. The summed E-state index contributed by atoms with van der Waals surface area (Å²) in [6.45, 7) is 5.46. The van der Waals surface area contributed by atoms with Crippen molar-refractivity contribution in [2.45, 2.75) is 31.5 Å². The molecule has 4 rings (SSSR count). The lowest BCUT2D eigenvalue weighted by atomic mass is 10.1. The van der Waals surface area contributed by atoms with Gasteiger partial charge in [-0.05, 0) is 25.0 Å². The van der Waals surface area contributed by atoms with E-state index in [0.717, 1.165) is 29.7 Å². The van der Waals surface area contributed by atoms with Gasteiger partial charge in [-0.2, -0.15) is 5.10 Å². The summed E-state index contributed by atoms with van der Waals surface area (Å²) >= 11 is 6.38. The number of aryl methyl sites for hydroxylation is 1. The summed E-state index contributed by atoms with van der Waals surface area (Å²) in [6.07, 6.45) is 3.32. The van der Waals surface area contributed by atoms with E-state index in [4.69, 9.17) is 26.2 Å². The molecule has 1 aliphatic carbocycles. The van der Waals surface area contributed by atoms with Gasteiger partial charge in [-0.1, -0.05) is 60.1 Å². The Morgan fingerprint density at radius 1 is 1.21 bits per heavy atom. The minimum Gasteiger partial charge on any atom is -0.437 e. The van der Waals surface area contributed by atoms with E-state index in [2.05, 4.69) is 11.5 Å². The molecule has 1 fully saturated rings. The van der Waals surface area contributed by atoms with Crippen LogP contribution in [0.1, 0.15) is 18.4 Å². The van der Waals surface area contributed by atoms with Crippen LogP contribution in [-0.2, 0) is 18.3 Å². The van der Waals surface area contributed by atoms with Crippen LogP contribution in [0.15, 0.2) is 67.3 Å². The van der Waals surface area contributed by atoms with Crippen molar-refractivity contribution in [2.75, 3.05) is 19.8 Å². The van der Waals surface area contributed by atoms with Crippen LogP contribution in [0.25, 0.3) is 11.3 Å². The molecule has 0 spiro atoms. The van der Waals surface area contributed by atoms with Gasteiger partial charge in [0.1, 0.15) is 11.4 Å². The van der Waals surface area contributed by atoms with Gasteiger partial charge in [0, 0.05) is 31.7 Å². The fourth-order valence-corrected chi connectivity index (χ4v) is 4.05. The first-order chi connectivity index (χ1) is 16.1. The Morgan fingerprint density at radius 2 is 1.94 bits per heavy atom. The fourth-order valence-electron chi connectivity index (χ4n) is 3.88. The van der Waals surface area contributed by atoms with E-state index in [-0.39, 0.29) is 6.61 Å². The molecule has 1 unspecified atom stereocenters. The Bertz CT molecular complexity index is 1070. The summed E-state index contributed by atoms with van der Waals surface area (Å²) < 4.78 is 13.5. The highest BCUT2D eigenvalue weighted by Gasteiger charge is 2.33. The van der Waals surface area contributed by atoms with Gasteiger partial charge in [0.15, 0.2) is 0 Å². The van der Waals surface area contributed by atoms with Crippen molar-refractivity contribution in [3.63, 3.8) is 0 Å². The van der Waals surface area contributed by atoms with Crippen LogP contribution in [-0.4, -0.2) is 51.7 Å². The molecule has 1 atom stereocenters. The molecule has 0 amide bonds. The largest absolute Gasteiger partial charge is 0.437 e. The summed E-state index contributed by atoms with van der Waals surface area (Å²) in [5.41, 5.74) is 2.85. The van der Waals surface area contributed by atoms with Crippen LogP contribution in [0.5, 0.6) is 11.6 Å². The van der Waals surface area contributed by atoms with Crippen molar-refractivity contribution in [3.8, 4) is 22.9 Å². The molecule has 174 valence electrons. The Morgan fingerprint density at radius 3 is 2.64 bits per heavy atom. The second kappa shape index (κ2) is 11.0. The van der Waals surface area contributed by atoms with E-state index < -0.39 is 6.10 Å². The molecular formula is C26H30ClN3O3. The highest BCUT2D eigenvalue weighted by Crippen LogP contribution is 2.38. The summed E-state index contributed by atoms with van der Waals surface area (Å²) in [7, 11) is 1.88. The van der Waals surface area contributed by atoms with Gasteiger partial charge in [-0.15, -0.1) is 6.58 Å². The third-order valence-corrected chi connectivity index (χ3v) is 5.91. The highest BCUT2D eigenvalue weighted by atomic mass is 35.5. The molecule has 0 bridgehead atoms. The predicted octanol–water partition coefficient (Wildman–Crippen LogP) is 5.06. The number of benzene rings is 2. The van der Waals surface area contributed by atoms with Crippen LogP contribution in [0.3, 0.4) is 0 Å². The molecule has 1 saturated carbocycles. The molecule has 1 aromatic heterocycles. The van der Waals surface area contributed by atoms with Gasteiger partial charge in [-0.25, -0.2) is 4.68 Å². The molecule has 1 aliphatic rings. The zero-order chi connectivity index (χ0) is 23.2. The molecule has 1 heterocycles. The lowest BCUT2D eigenvalue weighted by Crippen LogP contribution is -2.36. The molecule has 0 radical (unpaired) electrons. The van der Waals surface area contributed by atoms with E-state index >= 15 is 0 Å². The standard InChI is InChI=1S/C26H30ClN3O3/c1-3-15-32-18-21(31)16-30(20-13-14-20)17-22-25(19-9-5-4-6-10-19)28-29(2)26(22)33-24-12-8-7-11-23(24)27/h3-12,20-21,31H,1,13-18H2,2H3. The number of hydrogen-bond donors (Lipinski definition) is 1. The Labute approximate surface area is 200 Å². The first-order valence-electron chi connectivity index (χ1n) is 11.2. The summed E-state index contributed by atoms with van der Waals surface area (Å²) in [6, 6.07) is 17.9. The average molecular weight is 468 g/mol. The average Bonchev–Trinajstić information content (AvgIpc) is 3.62. The van der Waals surface area contributed by atoms with Gasteiger partial charge in [0.05, 0.1) is 29.9 Å². The third kappa shape index (κ3) is 6.03. The first-order valence-corrected chi connectivity index (χ1v) is 11.6. The maximum absolute atomic E-state index is 10.6. The number of ether oxygens (including phenoxy) is 2. The van der Waals surface area contributed by atoms with Crippen molar-refractivity contribution in [1.29, 1.82) is 0 Å². The number of hydrogen-bond acceptors (Lipinski definition) is 5. The van der Waals surface area contributed by atoms with Gasteiger partial charge >= 0.3 is 0 Å². The number of rotatable bonds is 12. The quantitative estimate of drug-likeness (QED) is 0.298. The number of aromatic nitrogens is 2. The minimum absolute atomic E-state index is 0.275. The van der Waals surface area contributed by atoms with E-state index in [1.807, 2.05) is 55.6 Å². The summed E-state index contributed by atoms with van der Waals surface area (Å²) in [5.74, 6) is 1.23. The molecule has 7 heteroatoms. The van der Waals surface area contributed by atoms with Crippen LogP contribution in [0, 0.1) is 0 Å². The maximum atomic E-state index is 10.6. The van der Waals surface area contributed by atoms with E-state index in [0.29, 0.717) is 42.4 Å².